The minimum atomic E-state index is -2.57. The Hall–Kier alpha value is -0.220. The lowest BCUT2D eigenvalue weighted by atomic mass is 9.87. The molecule has 0 aromatic carbocycles. The van der Waals surface area contributed by atoms with Gasteiger partial charge in [-0.05, 0) is 53.2 Å². The summed E-state index contributed by atoms with van der Waals surface area (Å²) in [5.74, 6) is -3.05. The molecule has 2 N–H and O–H groups in total. The average Bonchev–Trinajstić information content (AvgIpc) is 2.16. The topological polar surface area (TPSA) is 29.3 Å². The van der Waals surface area contributed by atoms with E-state index in [2.05, 4.69) is 25.7 Å². The molecule has 0 spiro atoms. The predicted molar refractivity (Wildman–Crippen MR) is 62.7 cm³/mol. The largest absolute Gasteiger partial charge is 0.330 e. The van der Waals surface area contributed by atoms with Crippen molar-refractivity contribution in [1.29, 1.82) is 0 Å². The molecule has 1 aliphatic rings. The van der Waals surface area contributed by atoms with Gasteiger partial charge < -0.3 is 5.73 Å². The van der Waals surface area contributed by atoms with E-state index >= 15 is 0 Å². The smallest absolute Gasteiger partial charge is 0.252 e. The molecule has 16 heavy (non-hydrogen) atoms. The number of rotatable bonds is 3. The molecule has 1 heterocycles. The fourth-order valence-electron chi connectivity index (χ4n) is 2.37. The Labute approximate surface area is 97.2 Å². The summed E-state index contributed by atoms with van der Waals surface area (Å²) < 4.78 is 27.3. The number of nitrogens with two attached hydrogens (primary N) is 1. The molecule has 1 rings (SSSR count). The number of piperidine rings is 1. The zero-order chi connectivity index (χ0) is 12.4. The third-order valence-corrected chi connectivity index (χ3v) is 3.52. The maximum absolute atomic E-state index is 13.6. The van der Waals surface area contributed by atoms with Crippen LogP contribution in [0.2, 0.25) is 0 Å². The van der Waals surface area contributed by atoms with Gasteiger partial charge in [0.15, 0.2) is 0 Å². The third-order valence-electron chi connectivity index (χ3n) is 3.52. The zero-order valence-electron chi connectivity index (χ0n) is 10.6. The normalized spacial score (nSPS) is 21.4. The Morgan fingerprint density at radius 3 is 2.06 bits per heavy atom. The highest BCUT2D eigenvalue weighted by Crippen LogP contribution is 2.36. The van der Waals surface area contributed by atoms with Crippen LogP contribution in [0.25, 0.3) is 0 Å². The van der Waals surface area contributed by atoms with E-state index in [1.165, 1.54) is 0 Å². The predicted octanol–water partition coefficient (Wildman–Crippen LogP) is 2.48. The summed E-state index contributed by atoms with van der Waals surface area (Å²) in [5, 5.41) is 0. The van der Waals surface area contributed by atoms with Gasteiger partial charge in [-0.25, -0.2) is 8.78 Å². The SMILES string of the molecule is CC(C)(C)N1CCC(C(F)(F)CCN)CC1. The highest BCUT2D eigenvalue weighted by Gasteiger charge is 2.41. The fourth-order valence-corrected chi connectivity index (χ4v) is 2.37. The number of likely N-dealkylation sites (tertiary alicyclic amines) is 1. The number of alkyl halides is 2. The van der Waals surface area contributed by atoms with Crippen molar-refractivity contribution in [3.63, 3.8) is 0 Å². The van der Waals surface area contributed by atoms with Gasteiger partial charge in [-0.3, -0.25) is 4.90 Å². The Morgan fingerprint density at radius 1 is 1.19 bits per heavy atom. The highest BCUT2D eigenvalue weighted by atomic mass is 19.3. The molecule has 0 unspecified atom stereocenters. The van der Waals surface area contributed by atoms with Crippen molar-refractivity contribution in [2.75, 3.05) is 19.6 Å². The van der Waals surface area contributed by atoms with Gasteiger partial charge in [-0.2, -0.15) is 0 Å². The number of nitrogens with zero attached hydrogens (tertiary/aromatic N) is 1. The lowest BCUT2D eigenvalue weighted by molar-refractivity contribution is -0.0892. The summed E-state index contributed by atoms with van der Waals surface area (Å²) in [4.78, 5) is 2.28. The minimum absolute atomic E-state index is 0.0759. The first-order valence-corrected chi connectivity index (χ1v) is 6.10. The maximum atomic E-state index is 13.6. The van der Waals surface area contributed by atoms with Crippen molar-refractivity contribution >= 4 is 0 Å². The lowest BCUT2D eigenvalue weighted by Gasteiger charge is -2.42. The van der Waals surface area contributed by atoms with Crippen molar-refractivity contribution in [3.05, 3.63) is 0 Å². The lowest BCUT2D eigenvalue weighted by Crippen LogP contribution is -2.49. The van der Waals surface area contributed by atoms with Gasteiger partial charge in [-0.1, -0.05) is 0 Å². The minimum Gasteiger partial charge on any atom is -0.330 e. The molecule has 0 aromatic rings. The van der Waals surface area contributed by atoms with Gasteiger partial charge >= 0.3 is 0 Å². The fraction of sp³-hybridized carbons (Fsp3) is 1.00. The van der Waals surface area contributed by atoms with Gasteiger partial charge in [0.25, 0.3) is 5.92 Å². The van der Waals surface area contributed by atoms with Gasteiger partial charge in [0.1, 0.15) is 0 Å². The Morgan fingerprint density at radius 2 is 1.69 bits per heavy atom. The van der Waals surface area contributed by atoms with Crippen LogP contribution >= 0.6 is 0 Å². The quantitative estimate of drug-likeness (QED) is 0.813. The van der Waals surface area contributed by atoms with Gasteiger partial charge in [0.05, 0.1) is 0 Å². The van der Waals surface area contributed by atoms with Gasteiger partial charge in [-0.15, -0.1) is 0 Å². The number of hydrogen-bond donors (Lipinski definition) is 1. The molecule has 0 aromatic heterocycles. The zero-order valence-corrected chi connectivity index (χ0v) is 10.6. The molecule has 4 heteroatoms. The van der Waals surface area contributed by atoms with Crippen LogP contribution in [0.1, 0.15) is 40.0 Å². The van der Waals surface area contributed by atoms with Crippen molar-refractivity contribution in [1.82, 2.24) is 4.90 Å². The standard InChI is InChI=1S/C12H24F2N2/c1-11(2,3)16-8-4-10(5-9-16)12(13,14)6-7-15/h10H,4-9,15H2,1-3H3. The summed E-state index contributed by atoms with van der Waals surface area (Å²) in [7, 11) is 0. The monoisotopic (exact) mass is 234 g/mol. The van der Waals surface area contributed by atoms with Crippen molar-refractivity contribution in [2.45, 2.75) is 51.5 Å². The first kappa shape index (κ1) is 13.8. The van der Waals surface area contributed by atoms with Crippen molar-refractivity contribution in [2.24, 2.45) is 11.7 Å². The van der Waals surface area contributed by atoms with Gasteiger partial charge in [0, 0.05) is 17.9 Å². The molecule has 0 amide bonds. The van der Waals surface area contributed by atoms with Crippen LogP contribution in [0.5, 0.6) is 0 Å². The molecule has 1 fully saturated rings. The van der Waals surface area contributed by atoms with E-state index in [1.54, 1.807) is 0 Å². The van der Waals surface area contributed by atoms with Gasteiger partial charge in [0.2, 0.25) is 0 Å². The highest BCUT2D eigenvalue weighted by molar-refractivity contribution is 4.87. The van der Waals surface area contributed by atoms with Crippen LogP contribution < -0.4 is 5.73 Å². The molecule has 0 atom stereocenters. The van der Waals surface area contributed by atoms with E-state index in [-0.39, 0.29) is 18.5 Å². The van der Waals surface area contributed by atoms with Crippen LogP contribution in [0.3, 0.4) is 0 Å². The molecule has 1 aliphatic heterocycles. The molecule has 96 valence electrons. The molecular formula is C12H24F2N2. The maximum Gasteiger partial charge on any atom is 0.252 e. The molecule has 0 saturated carbocycles. The van der Waals surface area contributed by atoms with E-state index in [4.69, 9.17) is 5.73 Å². The van der Waals surface area contributed by atoms with E-state index in [0.29, 0.717) is 12.8 Å². The Balaban J connectivity index is 2.49. The van der Waals surface area contributed by atoms with Crippen LogP contribution in [0.4, 0.5) is 8.78 Å². The second-order valence-electron chi connectivity index (χ2n) is 5.73. The van der Waals surface area contributed by atoms with Crippen LogP contribution in [0.15, 0.2) is 0 Å². The van der Waals surface area contributed by atoms with E-state index in [1.807, 2.05) is 0 Å². The molecule has 0 radical (unpaired) electrons. The van der Waals surface area contributed by atoms with Crippen LogP contribution in [-0.4, -0.2) is 36.0 Å². The third kappa shape index (κ3) is 3.39. The molecule has 2 nitrogen and oxygen atoms in total. The Bertz CT molecular complexity index is 216. The summed E-state index contributed by atoms with van der Waals surface area (Å²) in [5.41, 5.74) is 5.32. The van der Waals surface area contributed by atoms with Crippen molar-refractivity contribution in [3.8, 4) is 0 Å². The second-order valence-corrected chi connectivity index (χ2v) is 5.73. The molecule has 0 bridgehead atoms. The summed E-state index contributed by atoms with van der Waals surface area (Å²) in [6, 6.07) is 0. The van der Waals surface area contributed by atoms with Crippen molar-refractivity contribution < 1.29 is 8.78 Å². The molecular weight excluding hydrogens is 210 g/mol. The second kappa shape index (κ2) is 4.96. The first-order chi connectivity index (χ1) is 7.27. The number of hydrogen-bond acceptors (Lipinski definition) is 2. The summed E-state index contributed by atoms with van der Waals surface area (Å²) >= 11 is 0. The van der Waals surface area contributed by atoms with E-state index in [0.717, 1.165) is 13.1 Å². The molecule has 1 saturated heterocycles. The summed E-state index contributed by atoms with van der Waals surface area (Å²) in [6.45, 7) is 8.01. The van der Waals surface area contributed by atoms with Crippen LogP contribution in [0, 0.1) is 5.92 Å². The Kier molecular flexibility index (Phi) is 4.29. The number of halogens is 2. The van der Waals surface area contributed by atoms with E-state index in [9.17, 15) is 8.78 Å². The first-order valence-electron chi connectivity index (χ1n) is 6.10. The van der Waals surface area contributed by atoms with Crippen LogP contribution in [-0.2, 0) is 0 Å². The average molecular weight is 234 g/mol. The summed E-state index contributed by atoms with van der Waals surface area (Å²) in [6.07, 6.45) is 1.00. The van der Waals surface area contributed by atoms with E-state index < -0.39 is 11.8 Å². The molecule has 0 aliphatic carbocycles.